The predicted molar refractivity (Wildman–Crippen MR) is 126 cm³/mol. The van der Waals surface area contributed by atoms with Gasteiger partial charge in [-0.3, -0.25) is 0 Å². The Morgan fingerprint density at radius 3 is 2.53 bits per heavy atom. The molecule has 6 heteroatoms. The van der Waals surface area contributed by atoms with Crippen LogP contribution < -0.4 is 4.74 Å². The van der Waals surface area contributed by atoms with Crippen LogP contribution in [0.15, 0.2) is 66.7 Å². The van der Waals surface area contributed by atoms with E-state index in [2.05, 4.69) is 36.6 Å². The molecule has 0 aliphatic rings. The average molecular weight is 449 g/mol. The van der Waals surface area contributed by atoms with Crippen molar-refractivity contribution in [2.45, 2.75) is 39.3 Å². The molecule has 0 fully saturated rings. The SMILES string of the molecule is CCCc1nc2c(C)cccc2n1Cc1ccc(OC(C(=O)O)c2ccccc2Cl)cc1. The molecule has 1 unspecified atom stereocenters. The summed E-state index contributed by atoms with van der Waals surface area (Å²) in [5, 5.41) is 10.0. The zero-order valence-corrected chi connectivity index (χ0v) is 18.8. The van der Waals surface area contributed by atoms with Crippen LogP contribution in [0.1, 0.15) is 42.0 Å². The second-order valence-electron chi connectivity index (χ2n) is 7.81. The van der Waals surface area contributed by atoms with Crippen LogP contribution in [-0.2, 0) is 17.8 Å². The van der Waals surface area contributed by atoms with E-state index in [4.69, 9.17) is 21.3 Å². The largest absolute Gasteiger partial charge is 0.478 e. The van der Waals surface area contributed by atoms with Crippen molar-refractivity contribution in [2.75, 3.05) is 0 Å². The topological polar surface area (TPSA) is 64.4 Å². The highest BCUT2D eigenvalue weighted by Gasteiger charge is 2.24. The number of carbonyl (C=O) groups is 1. The van der Waals surface area contributed by atoms with Gasteiger partial charge in [-0.1, -0.05) is 61.0 Å². The minimum absolute atomic E-state index is 0.363. The van der Waals surface area contributed by atoms with Crippen molar-refractivity contribution in [3.8, 4) is 5.75 Å². The van der Waals surface area contributed by atoms with E-state index in [-0.39, 0.29) is 0 Å². The van der Waals surface area contributed by atoms with E-state index in [9.17, 15) is 9.90 Å². The lowest BCUT2D eigenvalue weighted by Gasteiger charge is -2.17. The molecule has 0 radical (unpaired) electrons. The number of carboxylic acid groups (broad SMARTS) is 1. The number of hydrogen-bond acceptors (Lipinski definition) is 3. The minimum Gasteiger partial charge on any atom is -0.478 e. The lowest BCUT2D eigenvalue weighted by molar-refractivity contribution is -0.145. The second kappa shape index (κ2) is 9.45. The first kappa shape index (κ1) is 21.9. The first-order valence-electron chi connectivity index (χ1n) is 10.7. The van der Waals surface area contributed by atoms with Gasteiger partial charge in [-0.05, 0) is 48.7 Å². The smallest absolute Gasteiger partial charge is 0.349 e. The lowest BCUT2D eigenvalue weighted by Crippen LogP contribution is -2.18. The Kier molecular flexibility index (Phi) is 6.47. The van der Waals surface area contributed by atoms with Crippen molar-refractivity contribution in [3.05, 3.63) is 94.3 Å². The Hall–Kier alpha value is -3.31. The highest BCUT2D eigenvalue weighted by atomic mass is 35.5. The van der Waals surface area contributed by atoms with Gasteiger partial charge in [0, 0.05) is 23.6 Å². The summed E-state index contributed by atoms with van der Waals surface area (Å²) in [6, 6.07) is 20.6. The zero-order chi connectivity index (χ0) is 22.7. The van der Waals surface area contributed by atoms with Crippen molar-refractivity contribution in [2.24, 2.45) is 0 Å². The van der Waals surface area contributed by atoms with E-state index in [1.807, 2.05) is 12.1 Å². The van der Waals surface area contributed by atoms with Crippen molar-refractivity contribution < 1.29 is 14.6 Å². The normalized spacial score (nSPS) is 12.1. The van der Waals surface area contributed by atoms with E-state index < -0.39 is 12.1 Å². The van der Waals surface area contributed by atoms with Crippen molar-refractivity contribution in [1.29, 1.82) is 0 Å². The fraction of sp³-hybridized carbons (Fsp3) is 0.231. The van der Waals surface area contributed by atoms with Crippen LogP contribution in [0.3, 0.4) is 0 Å². The standard InChI is InChI=1S/C26H25ClN2O3/c1-3-7-23-28-24-17(2)8-6-11-22(24)29(23)16-18-12-14-19(15-13-18)32-25(26(30)31)20-9-4-5-10-21(20)27/h4-6,8-15,25H,3,7,16H2,1-2H3,(H,30,31). The minimum atomic E-state index is -1.17. The maximum Gasteiger partial charge on any atom is 0.349 e. The van der Waals surface area contributed by atoms with Crippen LogP contribution in [0.2, 0.25) is 5.02 Å². The number of nitrogens with zero attached hydrogens (tertiary/aromatic N) is 2. The summed E-state index contributed by atoms with van der Waals surface area (Å²) in [7, 11) is 0. The van der Waals surface area contributed by atoms with Gasteiger partial charge in [0.2, 0.25) is 6.10 Å². The molecular weight excluding hydrogens is 424 g/mol. The fourth-order valence-corrected chi connectivity index (χ4v) is 4.09. The Balaban J connectivity index is 1.58. The van der Waals surface area contributed by atoms with Crippen LogP contribution in [0.5, 0.6) is 5.75 Å². The number of carboxylic acids is 1. The Morgan fingerprint density at radius 2 is 1.84 bits per heavy atom. The van der Waals surface area contributed by atoms with Gasteiger partial charge in [0.1, 0.15) is 11.6 Å². The van der Waals surface area contributed by atoms with E-state index in [0.717, 1.165) is 35.3 Å². The predicted octanol–water partition coefficient (Wildman–Crippen LogP) is 6.20. The molecule has 0 amide bonds. The summed E-state index contributed by atoms with van der Waals surface area (Å²) in [6.45, 7) is 4.92. The zero-order valence-electron chi connectivity index (χ0n) is 18.1. The monoisotopic (exact) mass is 448 g/mol. The first-order chi connectivity index (χ1) is 15.5. The van der Waals surface area contributed by atoms with Crippen LogP contribution >= 0.6 is 11.6 Å². The number of hydrogen-bond donors (Lipinski definition) is 1. The summed E-state index contributed by atoms with van der Waals surface area (Å²) in [4.78, 5) is 16.7. The van der Waals surface area contributed by atoms with E-state index in [0.29, 0.717) is 22.9 Å². The van der Waals surface area contributed by atoms with Crippen molar-refractivity contribution in [1.82, 2.24) is 9.55 Å². The molecule has 3 aromatic carbocycles. The third kappa shape index (κ3) is 4.48. The summed E-state index contributed by atoms with van der Waals surface area (Å²) < 4.78 is 8.03. The number of fused-ring (bicyclic) bond motifs is 1. The molecule has 1 heterocycles. The Bertz CT molecular complexity index is 1250. The van der Waals surface area contributed by atoms with Gasteiger partial charge in [-0.25, -0.2) is 9.78 Å². The number of aryl methyl sites for hydroxylation is 2. The van der Waals surface area contributed by atoms with E-state index >= 15 is 0 Å². The first-order valence-corrected chi connectivity index (χ1v) is 11.0. The van der Waals surface area contributed by atoms with Gasteiger partial charge < -0.3 is 14.4 Å². The molecule has 1 atom stereocenters. The fourth-order valence-electron chi connectivity index (χ4n) is 3.85. The van der Waals surface area contributed by atoms with Gasteiger partial charge in [-0.2, -0.15) is 0 Å². The van der Waals surface area contributed by atoms with Crippen LogP contribution in [0.25, 0.3) is 11.0 Å². The average Bonchev–Trinajstić information content (AvgIpc) is 3.12. The summed E-state index contributed by atoms with van der Waals surface area (Å²) >= 11 is 6.18. The van der Waals surface area contributed by atoms with Crippen molar-refractivity contribution >= 4 is 28.6 Å². The van der Waals surface area contributed by atoms with E-state index in [1.54, 1.807) is 36.4 Å². The van der Waals surface area contributed by atoms with Gasteiger partial charge >= 0.3 is 5.97 Å². The molecule has 32 heavy (non-hydrogen) atoms. The molecular formula is C26H25ClN2O3. The van der Waals surface area contributed by atoms with Crippen molar-refractivity contribution in [3.63, 3.8) is 0 Å². The van der Waals surface area contributed by atoms with Gasteiger partial charge in [0.25, 0.3) is 0 Å². The number of rotatable bonds is 8. The lowest BCUT2D eigenvalue weighted by atomic mass is 10.1. The number of aromatic nitrogens is 2. The Labute approximate surface area is 192 Å². The number of benzene rings is 3. The molecule has 4 rings (SSSR count). The number of para-hydroxylation sites is 1. The van der Waals surface area contributed by atoms with E-state index in [1.165, 1.54) is 5.56 Å². The van der Waals surface area contributed by atoms with Gasteiger partial charge in [0.15, 0.2) is 0 Å². The maximum absolute atomic E-state index is 11.8. The summed E-state index contributed by atoms with van der Waals surface area (Å²) in [5.74, 6) is 0.453. The third-order valence-corrected chi connectivity index (χ3v) is 5.81. The number of imidazole rings is 1. The number of ether oxygens (including phenoxy) is 1. The third-order valence-electron chi connectivity index (χ3n) is 5.46. The molecule has 5 nitrogen and oxygen atoms in total. The number of halogens is 1. The molecule has 0 spiro atoms. The molecule has 0 bridgehead atoms. The molecule has 0 saturated heterocycles. The highest BCUT2D eigenvalue weighted by Crippen LogP contribution is 2.28. The molecule has 1 N–H and O–H groups in total. The molecule has 0 aliphatic carbocycles. The summed E-state index contributed by atoms with van der Waals surface area (Å²) in [5.41, 5.74) is 4.84. The van der Waals surface area contributed by atoms with Crippen LogP contribution in [-0.4, -0.2) is 20.6 Å². The van der Waals surface area contributed by atoms with Crippen LogP contribution in [0.4, 0.5) is 0 Å². The molecule has 4 aromatic rings. The van der Waals surface area contributed by atoms with Gasteiger partial charge in [-0.15, -0.1) is 0 Å². The molecule has 0 aliphatic heterocycles. The Morgan fingerprint density at radius 1 is 1.09 bits per heavy atom. The molecule has 0 saturated carbocycles. The van der Waals surface area contributed by atoms with Crippen LogP contribution in [0, 0.1) is 6.92 Å². The summed E-state index contributed by atoms with van der Waals surface area (Å²) in [6.07, 6.45) is 0.757. The quantitative estimate of drug-likeness (QED) is 0.348. The van der Waals surface area contributed by atoms with Gasteiger partial charge in [0.05, 0.1) is 11.0 Å². The second-order valence-corrected chi connectivity index (χ2v) is 8.22. The molecule has 1 aromatic heterocycles. The maximum atomic E-state index is 11.8. The molecule has 164 valence electrons. The highest BCUT2D eigenvalue weighted by molar-refractivity contribution is 6.31. The number of aliphatic carboxylic acids is 1.